The summed E-state index contributed by atoms with van der Waals surface area (Å²) in [5.41, 5.74) is 1.81. The minimum Gasteiger partial charge on any atom is -0.467 e. The van der Waals surface area contributed by atoms with Gasteiger partial charge >= 0.3 is 0 Å². The molecule has 0 aliphatic heterocycles. The van der Waals surface area contributed by atoms with Crippen LogP contribution in [0.2, 0.25) is 0 Å². The van der Waals surface area contributed by atoms with Crippen LogP contribution in [-0.2, 0) is 17.9 Å². The van der Waals surface area contributed by atoms with Crippen molar-refractivity contribution in [3.63, 3.8) is 0 Å². The van der Waals surface area contributed by atoms with Gasteiger partial charge in [0.15, 0.2) is 0 Å². The summed E-state index contributed by atoms with van der Waals surface area (Å²) in [6.45, 7) is 3.34. The van der Waals surface area contributed by atoms with Crippen molar-refractivity contribution >= 4 is 22.9 Å². The molecule has 2 N–H and O–H groups in total. The van der Waals surface area contributed by atoms with Crippen LogP contribution in [0.5, 0.6) is 0 Å². The molecule has 0 atom stereocenters. The van der Waals surface area contributed by atoms with E-state index >= 15 is 0 Å². The van der Waals surface area contributed by atoms with Gasteiger partial charge in [0.25, 0.3) is 0 Å². The zero-order valence-corrected chi connectivity index (χ0v) is 12.4. The van der Waals surface area contributed by atoms with Gasteiger partial charge in [-0.15, -0.1) is 0 Å². The molecule has 0 aliphatic carbocycles. The van der Waals surface area contributed by atoms with Crippen molar-refractivity contribution in [1.29, 1.82) is 0 Å². The van der Waals surface area contributed by atoms with Gasteiger partial charge in [-0.25, -0.2) is 4.98 Å². The van der Waals surface area contributed by atoms with Crippen LogP contribution in [0, 0.1) is 0 Å². The Labute approximate surface area is 128 Å². The van der Waals surface area contributed by atoms with E-state index in [-0.39, 0.29) is 12.5 Å². The Morgan fingerprint density at radius 3 is 2.91 bits per heavy atom. The van der Waals surface area contributed by atoms with Gasteiger partial charge in [0.2, 0.25) is 11.9 Å². The zero-order valence-electron chi connectivity index (χ0n) is 12.4. The number of anilines is 1. The standard InChI is InChI=1S/C16H18N4O2/c1-2-17-16-19-13-7-3-4-8-14(13)20(16)11-15(21)18-10-12-6-5-9-22-12/h3-9H,2,10-11H2,1H3,(H,17,19)(H,18,21). The molecule has 0 unspecified atom stereocenters. The molecule has 0 aliphatic rings. The Morgan fingerprint density at radius 1 is 1.27 bits per heavy atom. The van der Waals surface area contributed by atoms with Crippen molar-refractivity contribution < 1.29 is 9.21 Å². The van der Waals surface area contributed by atoms with Crippen molar-refractivity contribution in [2.75, 3.05) is 11.9 Å². The first kappa shape index (κ1) is 14.2. The number of furan rings is 1. The number of carbonyl (C=O) groups excluding carboxylic acids is 1. The van der Waals surface area contributed by atoms with Gasteiger partial charge in [-0.1, -0.05) is 12.1 Å². The van der Waals surface area contributed by atoms with Gasteiger partial charge in [0.1, 0.15) is 12.3 Å². The largest absolute Gasteiger partial charge is 0.467 e. The number of para-hydroxylation sites is 2. The van der Waals surface area contributed by atoms with Crippen LogP contribution in [0.15, 0.2) is 47.1 Å². The first-order valence-electron chi connectivity index (χ1n) is 7.26. The molecule has 22 heavy (non-hydrogen) atoms. The second-order valence-corrected chi connectivity index (χ2v) is 4.90. The van der Waals surface area contributed by atoms with E-state index in [0.717, 1.165) is 23.3 Å². The third-order valence-electron chi connectivity index (χ3n) is 3.33. The molecule has 3 rings (SSSR count). The Morgan fingerprint density at radius 2 is 2.14 bits per heavy atom. The van der Waals surface area contributed by atoms with Crippen LogP contribution < -0.4 is 10.6 Å². The summed E-state index contributed by atoms with van der Waals surface area (Å²) < 4.78 is 7.09. The Hall–Kier alpha value is -2.76. The van der Waals surface area contributed by atoms with E-state index < -0.39 is 0 Å². The highest BCUT2D eigenvalue weighted by Gasteiger charge is 2.13. The van der Waals surface area contributed by atoms with Crippen LogP contribution in [0.1, 0.15) is 12.7 Å². The van der Waals surface area contributed by atoms with Gasteiger partial charge in [0, 0.05) is 6.54 Å². The van der Waals surface area contributed by atoms with E-state index in [1.165, 1.54) is 0 Å². The summed E-state index contributed by atoms with van der Waals surface area (Å²) in [7, 11) is 0. The van der Waals surface area contributed by atoms with Crippen molar-refractivity contribution in [3.05, 3.63) is 48.4 Å². The maximum absolute atomic E-state index is 12.2. The second kappa shape index (κ2) is 6.34. The number of rotatable bonds is 6. The van der Waals surface area contributed by atoms with E-state index in [1.807, 2.05) is 41.8 Å². The summed E-state index contributed by atoms with van der Waals surface area (Å²) in [5.74, 6) is 1.35. The molecular formula is C16H18N4O2. The molecular weight excluding hydrogens is 280 g/mol. The summed E-state index contributed by atoms with van der Waals surface area (Å²) in [4.78, 5) is 16.7. The number of hydrogen-bond acceptors (Lipinski definition) is 4. The van der Waals surface area contributed by atoms with E-state index in [2.05, 4.69) is 15.6 Å². The van der Waals surface area contributed by atoms with Gasteiger partial charge in [-0.2, -0.15) is 0 Å². The lowest BCUT2D eigenvalue weighted by Gasteiger charge is -2.09. The molecule has 0 spiro atoms. The number of nitrogens with zero attached hydrogens (tertiary/aromatic N) is 2. The predicted octanol–water partition coefficient (Wildman–Crippen LogP) is 2.38. The first-order chi connectivity index (χ1) is 10.8. The minimum atomic E-state index is -0.0845. The molecule has 0 bridgehead atoms. The van der Waals surface area contributed by atoms with Crippen molar-refractivity contribution in [2.24, 2.45) is 0 Å². The fourth-order valence-electron chi connectivity index (χ4n) is 2.33. The number of fused-ring (bicyclic) bond motifs is 1. The highest BCUT2D eigenvalue weighted by molar-refractivity contribution is 5.83. The van der Waals surface area contributed by atoms with Crippen LogP contribution in [0.4, 0.5) is 5.95 Å². The van der Waals surface area contributed by atoms with Gasteiger partial charge in [0.05, 0.1) is 23.8 Å². The fraction of sp³-hybridized carbons (Fsp3) is 0.250. The van der Waals surface area contributed by atoms with Crippen molar-refractivity contribution in [2.45, 2.75) is 20.0 Å². The maximum atomic E-state index is 12.2. The van der Waals surface area contributed by atoms with Crippen molar-refractivity contribution in [1.82, 2.24) is 14.9 Å². The fourth-order valence-corrected chi connectivity index (χ4v) is 2.33. The van der Waals surface area contributed by atoms with E-state index in [1.54, 1.807) is 12.3 Å². The molecule has 114 valence electrons. The summed E-state index contributed by atoms with van der Waals surface area (Å²) >= 11 is 0. The van der Waals surface area contributed by atoms with Gasteiger partial charge < -0.3 is 19.6 Å². The molecule has 6 heteroatoms. The highest BCUT2D eigenvalue weighted by atomic mass is 16.3. The van der Waals surface area contributed by atoms with E-state index in [9.17, 15) is 4.79 Å². The third kappa shape index (κ3) is 2.95. The number of carbonyl (C=O) groups is 1. The molecule has 6 nitrogen and oxygen atoms in total. The SMILES string of the molecule is CCNc1nc2ccccc2n1CC(=O)NCc1ccco1. The molecule has 1 aromatic carbocycles. The zero-order chi connectivity index (χ0) is 15.4. The summed E-state index contributed by atoms with van der Waals surface area (Å²) in [6, 6.07) is 11.4. The molecule has 0 fully saturated rings. The Balaban J connectivity index is 1.76. The number of imidazole rings is 1. The average molecular weight is 298 g/mol. The second-order valence-electron chi connectivity index (χ2n) is 4.90. The molecule has 0 saturated carbocycles. The smallest absolute Gasteiger partial charge is 0.240 e. The van der Waals surface area contributed by atoms with Crippen LogP contribution in [0.3, 0.4) is 0 Å². The lowest BCUT2D eigenvalue weighted by Crippen LogP contribution is -2.27. The number of benzene rings is 1. The van der Waals surface area contributed by atoms with Gasteiger partial charge in [-0.05, 0) is 31.2 Å². The molecule has 2 aromatic heterocycles. The van der Waals surface area contributed by atoms with E-state index in [0.29, 0.717) is 12.5 Å². The number of aromatic nitrogens is 2. The molecule has 0 radical (unpaired) electrons. The number of amides is 1. The summed E-state index contributed by atoms with van der Waals surface area (Å²) in [5, 5.41) is 6.04. The lowest BCUT2D eigenvalue weighted by molar-refractivity contribution is -0.121. The Kier molecular flexibility index (Phi) is 4.09. The topological polar surface area (TPSA) is 72.1 Å². The summed E-state index contributed by atoms with van der Waals surface area (Å²) in [6.07, 6.45) is 1.59. The molecule has 3 aromatic rings. The van der Waals surface area contributed by atoms with Crippen LogP contribution in [0.25, 0.3) is 11.0 Å². The Bertz CT molecular complexity index is 762. The van der Waals surface area contributed by atoms with Crippen molar-refractivity contribution in [3.8, 4) is 0 Å². The lowest BCUT2D eigenvalue weighted by atomic mass is 10.3. The van der Waals surface area contributed by atoms with Gasteiger partial charge in [-0.3, -0.25) is 4.79 Å². The predicted molar refractivity (Wildman–Crippen MR) is 84.5 cm³/mol. The number of nitrogens with one attached hydrogen (secondary N) is 2. The minimum absolute atomic E-state index is 0.0845. The highest BCUT2D eigenvalue weighted by Crippen LogP contribution is 2.19. The number of hydrogen-bond donors (Lipinski definition) is 2. The monoisotopic (exact) mass is 298 g/mol. The van der Waals surface area contributed by atoms with E-state index in [4.69, 9.17) is 4.42 Å². The molecule has 1 amide bonds. The van der Waals surface area contributed by atoms with Crippen LogP contribution in [-0.4, -0.2) is 22.0 Å². The third-order valence-corrected chi connectivity index (χ3v) is 3.33. The molecule has 2 heterocycles. The normalized spacial score (nSPS) is 10.8. The quantitative estimate of drug-likeness (QED) is 0.733. The maximum Gasteiger partial charge on any atom is 0.240 e. The average Bonchev–Trinajstić information content (AvgIpc) is 3.15. The van der Waals surface area contributed by atoms with Crippen LogP contribution >= 0.6 is 0 Å². The molecule has 0 saturated heterocycles. The first-order valence-corrected chi connectivity index (χ1v) is 7.26.